The van der Waals surface area contributed by atoms with Crippen LogP contribution in [0.1, 0.15) is 41.5 Å². The maximum absolute atomic E-state index is 6.04. The van der Waals surface area contributed by atoms with Gasteiger partial charge in [-0.3, -0.25) is 0 Å². The van der Waals surface area contributed by atoms with Gasteiger partial charge in [-0.25, -0.2) is 0 Å². The topological polar surface area (TPSA) is 18.5 Å². The molecule has 1 heterocycles. The van der Waals surface area contributed by atoms with E-state index in [9.17, 15) is 0 Å². The molecule has 0 aromatic heterocycles. The smallest absolute Gasteiger partial charge is 0.405 e. The van der Waals surface area contributed by atoms with Gasteiger partial charge in [-0.05, 0) is 18.8 Å². The lowest BCUT2D eigenvalue weighted by Gasteiger charge is -2.24. The van der Waals surface area contributed by atoms with E-state index < -0.39 is 0 Å². The Morgan fingerprint density at radius 1 is 0.938 bits per heavy atom. The van der Waals surface area contributed by atoms with Crippen LogP contribution in [0.3, 0.4) is 0 Å². The summed E-state index contributed by atoms with van der Waals surface area (Å²) in [6.07, 6.45) is 4.67. The fourth-order valence-corrected chi connectivity index (χ4v) is 2.21. The Morgan fingerprint density at radius 2 is 1.38 bits per heavy atom. The van der Waals surface area contributed by atoms with Crippen molar-refractivity contribution in [3.8, 4) is 0 Å². The van der Waals surface area contributed by atoms with Gasteiger partial charge in [-0.1, -0.05) is 46.8 Å². The van der Waals surface area contributed by atoms with Gasteiger partial charge >= 0.3 is 7.12 Å². The fourth-order valence-electron chi connectivity index (χ4n) is 2.21. The van der Waals surface area contributed by atoms with E-state index in [0.717, 1.165) is 0 Å². The van der Waals surface area contributed by atoms with Crippen molar-refractivity contribution in [2.75, 3.05) is 0 Å². The third-order valence-corrected chi connectivity index (χ3v) is 3.15. The van der Waals surface area contributed by atoms with Crippen molar-refractivity contribution in [3.63, 3.8) is 0 Å². The van der Waals surface area contributed by atoms with Crippen LogP contribution in [0.2, 0.25) is 5.82 Å². The van der Waals surface area contributed by atoms with Gasteiger partial charge in [0, 0.05) is 5.82 Å². The zero-order chi connectivity index (χ0) is 12.3. The molecule has 1 aliphatic rings. The van der Waals surface area contributed by atoms with Crippen molar-refractivity contribution in [2.24, 2.45) is 11.8 Å². The zero-order valence-corrected chi connectivity index (χ0v) is 11.4. The van der Waals surface area contributed by atoms with E-state index in [2.05, 4.69) is 46.8 Å². The molecule has 3 atom stereocenters. The first-order chi connectivity index (χ1) is 7.47. The monoisotopic (exact) mass is 224 g/mol. The summed E-state index contributed by atoms with van der Waals surface area (Å²) >= 11 is 0. The minimum Gasteiger partial charge on any atom is -0.405 e. The summed E-state index contributed by atoms with van der Waals surface area (Å²) in [7, 11) is -0.0731. The van der Waals surface area contributed by atoms with Gasteiger partial charge in [0.05, 0.1) is 12.2 Å². The summed E-state index contributed by atoms with van der Waals surface area (Å²) < 4.78 is 12.1. The number of hydrogen-bond donors (Lipinski definition) is 0. The molecule has 3 unspecified atom stereocenters. The Hall–Kier alpha value is -0.275. The van der Waals surface area contributed by atoms with Crippen molar-refractivity contribution in [2.45, 2.75) is 59.6 Å². The van der Waals surface area contributed by atoms with Crippen LogP contribution in [0.5, 0.6) is 0 Å². The standard InChI is InChI=1S/C13H25BO2/c1-7-8-11(6)14-15-12(9(2)3)13(16-14)10(4)5/h7-13H,1-6H3. The van der Waals surface area contributed by atoms with Gasteiger partial charge < -0.3 is 9.31 Å². The van der Waals surface area contributed by atoms with Crippen LogP contribution in [0, 0.1) is 11.8 Å². The summed E-state index contributed by atoms with van der Waals surface area (Å²) in [5.74, 6) is 1.35. The van der Waals surface area contributed by atoms with Gasteiger partial charge in [-0.15, -0.1) is 0 Å². The van der Waals surface area contributed by atoms with Gasteiger partial charge in [-0.2, -0.15) is 0 Å². The average molecular weight is 224 g/mol. The van der Waals surface area contributed by atoms with Gasteiger partial charge in [0.1, 0.15) is 0 Å². The maximum Gasteiger partial charge on any atom is 0.464 e. The van der Waals surface area contributed by atoms with Gasteiger partial charge in [0.25, 0.3) is 0 Å². The van der Waals surface area contributed by atoms with Crippen LogP contribution in [0.4, 0.5) is 0 Å². The molecular weight excluding hydrogens is 199 g/mol. The lowest BCUT2D eigenvalue weighted by atomic mass is 9.73. The predicted octanol–water partition coefficient (Wildman–Crippen LogP) is 3.54. The second-order valence-corrected chi connectivity index (χ2v) is 5.44. The Balaban J connectivity index is 2.68. The maximum atomic E-state index is 6.04. The van der Waals surface area contributed by atoms with Crippen molar-refractivity contribution in [1.82, 2.24) is 0 Å². The van der Waals surface area contributed by atoms with Crippen LogP contribution in [-0.4, -0.2) is 19.3 Å². The second kappa shape index (κ2) is 5.88. The first-order valence-corrected chi connectivity index (χ1v) is 6.41. The van der Waals surface area contributed by atoms with E-state index in [4.69, 9.17) is 9.31 Å². The molecule has 0 amide bonds. The van der Waals surface area contributed by atoms with Crippen molar-refractivity contribution < 1.29 is 9.31 Å². The predicted molar refractivity (Wildman–Crippen MR) is 69.4 cm³/mol. The third-order valence-electron chi connectivity index (χ3n) is 3.15. The summed E-state index contributed by atoms with van der Waals surface area (Å²) in [5, 5.41) is 0. The third kappa shape index (κ3) is 3.11. The molecule has 0 saturated carbocycles. The summed E-state index contributed by atoms with van der Waals surface area (Å²) in [6.45, 7) is 13.0. The molecule has 0 aromatic carbocycles. The Morgan fingerprint density at radius 3 is 1.69 bits per heavy atom. The molecule has 1 saturated heterocycles. The van der Waals surface area contributed by atoms with Gasteiger partial charge in [0.15, 0.2) is 0 Å². The van der Waals surface area contributed by atoms with E-state index in [1.54, 1.807) is 0 Å². The first-order valence-electron chi connectivity index (χ1n) is 6.41. The van der Waals surface area contributed by atoms with Crippen LogP contribution < -0.4 is 0 Å². The molecule has 0 N–H and O–H groups in total. The fraction of sp³-hybridized carbons (Fsp3) is 0.846. The van der Waals surface area contributed by atoms with Gasteiger partial charge in [0.2, 0.25) is 0 Å². The first kappa shape index (κ1) is 13.8. The normalized spacial score (nSPS) is 28.6. The van der Waals surface area contributed by atoms with Crippen LogP contribution in [0.15, 0.2) is 12.2 Å². The molecular formula is C13H25BO2. The van der Waals surface area contributed by atoms with Crippen molar-refractivity contribution in [1.29, 1.82) is 0 Å². The highest BCUT2D eigenvalue weighted by Crippen LogP contribution is 2.32. The number of hydrogen-bond acceptors (Lipinski definition) is 2. The molecule has 16 heavy (non-hydrogen) atoms. The molecule has 0 aromatic rings. The molecule has 0 aliphatic carbocycles. The average Bonchev–Trinajstić information content (AvgIpc) is 2.62. The highest BCUT2D eigenvalue weighted by atomic mass is 16.7. The quantitative estimate of drug-likeness (QED) is 0.537. The largest absolute Gasteiger partial charge is 0.464 e. The van der Waals surface area contributed by atoms with E-state index in [1.807, 2.05) is 6.92 Å². The molecule has 0 bridgehead atoms. The number of rotatable bonds is 4. The SMILES string of the molecule is CC=CC(C)B1OC(C(C)C)C(C(C)C)O1. The Bertz CT molecular complexity index is 222. The molecule has 0 spiro atoms. The summed E-state index contributed by atoms with van der Waals surface area (Å²) in [4.78, 5) is 0. The Kier molecular flexibility index (Phi) is 5.06. The molecule has 1 rings (SSSR count). The molecule has 0 radical (unpaired) electrons. The van der Waals surface area contributed by atoms with E-state index in [-0.39, 0.29) is 19.3 Å². The molecule has 2 nitrogen and oxygen atoms in total. The molecule has 92 valence electrons. The second-order valence-electron chi connectivity index (χ2n) is 5.44. The highest BCUT2D eigenvalue weighted by Gasteiger charge is 2.44. The van der Waals surface area contributed by atoms with Crippen LogP contribution >= 0.6 is 0 Å². The zero-order valence-electron chi connectivity index (χ0n) is 11.4. The molecule has 3 heteroatoms. The van der Waals surface area contributed by atoms with E-state index >= 15 is 0 Å². The molecule has 1 fully saturated rings. The van der Waals surface area contributed by atoms with E-state index in [0.29, 0.717) is 17.7 Å². The summed E-state index contributed by atoms with van der Waals surface area (Å²) in [6, 6.07) is 0. The number of allylic oxidation sites excluding steroid dienone is 2. The Labute approximate surface area is 101 Å². The lowest BCUT2D eigenvalue weighted by Crippen LogP contribution is -2.31. The minimum atomic E-state index is -0.0731. The van der Waals surface area contributed by atoms with Crippen molar-refractivity contribution >= 4 is 7.12 Å². The van der Waals surface area contributed by atoms with Crippen LogP contribution in [0.25, 0.3) is 0 Å². The van der Waals surface area contributed by atoms with Crippen molar-refractivity contribution in [3.05, 3.63) is 12.2 Å². The molecule has 1 aliphatic heterocycles. The van der Waals surface area contributed by atoms with Crippen LogP contribution in [-0.2, 0) is 9.31 Å². The minimum absolute atomic E-state index is 0.0731. The lowest BCUT2D eigenvalue weighted by molar-refractivity contribution is 0.0815. The summed E-state index contributed by atoms with van der Waals surface area (Å²) in [5.41, 5.74) is 0. The van der Waals surface area contributed by atoms with E-state index in [1.165, 1.54) is 0 Å². The highest BCUT2D eigenvalue weighted by molar-refractivity contribution is 6.47.